The molecule has 2 rings (SSSR count). The lowest BCUT2D eigenvalue weighted by molar-refractivity contribution is 0.412. The molecule has 0 bridgehead atoms. The van der Waals surface area contributed by atoms with Gasteiger partial charge in [0.1, 0.15) is 5.75 Å². The maximum absolute atomic E-state index is 5.22. The van der Waals surface area contributed by atoms with Crippen molar-refractivity contribution >= 4 is 0 Å². The smallest absolute Gasteiger partial charge is 0.119 e. The summed E-state index contributed by atoms with van der Waals surface area (Å²) in [5.74, 6) is 1.77. The highest BCUT2D eigenvalue weighted by Crippen LogP contribution is 2.41. The second kappa shape index (κ2) is 4.01. The molecule has 1 saturated carbocycles. The van der Waals surface area contributed by atoms with Gasteiger partial charge >= 0.3 is 0 Å². The van der Waals surface area contributed by atoms with E-state index in [2.05, 4.69) is 23.5 Å². The Kier molecular flexibility index (Phi) is 2.73. The van der Waals surface area contributed by atoms with E-state index in [-0.39, 0.29) is 0 Å². The zero-order chi connectivity index (χ0) is 9.97. The predicted octanol–water partition coefficient (Wildman–Crippen LogP) is 2.37. The molecule has 76 valence electrons. The van der Waals surface area contributed by atoms with Crippen LogP contribution in [0.5, 0.6) is 5.75 Å². The zero-order valence-corrected chi connectivity index (χ0v) is 8.79. The van der Waals surface area contributed by atoms with Gasteiger partial charge in [-0.05, 0) is 43.5 Å². The summed E-state index contributed by atoms with van der Waals surface area (Å²) in [7, 11) is 3.74. The van der Waals surface area contributed by atoms with Gasteiger partial charge in [0.05, 0.1) is 7.11 Å². The van der Waals surface area contributed by atoms with Crippen LogP contribution in [0.2, 0.25) is 0 Å². The summed E-state index contributed by atoms with van der Waals surface area (Å²) in [6, 6.07) is 8.84. The van der Waals surface area contributed by atoms with Crippen LogP contribution in [0.3, 0.4) is 0 Å². The summed E-state index contributed by atoms with van der Waals surface area (Å²) in [4.78, 5) is 0. The molecule has 2 heteroatoms. The SMILES string of the molecule is CNC(c1cccc(OC)c1)C1CC1. The number of hydrogen-bond acceptors (Lipinski definition) is 2. The molecule has 0 aliphatic heterocycles. The van der Waals surface area contributed by atoms with Crippen LogP contribution in [0.15, 0.2) is 24.3 Å². The van der Waals surface area contributed by atoms with Crippen LogP contribution in [0.25, 0.3) is 0 Å². The Morgan fingerprint density at radius 1 is 1.43 bits per heavy atom. The van der Waals surface area contributed by atoms with Crippen LogP contribution in [-0.4, -0.2) is 14.2 Å². The average Bonchev–Trinajstić information content (AvgIpc) is 3.04. The van der Waals surface area contributed by atoms with Crippen molar-refractivity contribution in [2.45, 2.75) is 18.9 Å². The van der Waals surface area contributed by atoms with Crippen molar-refractivity contribution in [1.29, 1.82) is 0 Å². The predicted molar refractivity (Wildman–Crippen MR) is 57.5 cm³/mol. The average molecular weight is 191 g/mol. The lowest BCUT2D eigenvalue weighted by atomic mass is 10.0. The molecule has 1 aliphatic carbocycles. The molecular formula is C12H17NO. The first-order valence-corrected chi connectivity index (χ1v) is 5.16. The van der Waals surface area contributed by atoms with Crippen molar-refractivity contribution in [2.24, 2.45) is 5.92 Å². The van der Waals surface area contributed by atoms with E-state index < -0.39 is 0 Å². The van der Waals surface area contributed by atoms with Crippen molar-refractivity contribution in [2.75, 3.05) is 14.2 Å². The van der Waals surface area contributed by atoms with E-state index in [4.69, 9.17) is 4.74 Å². The number of nitrogens with one attached hydrogen (secondary N) is 1. The minimum absolute atomic E-state index is 0.505. The summed E-state index contributed by atoms with van der Waals surface area (Å²) in [6.45, 7) is 0. The van der Waals surface area contributed by atoms with E-state index >= 15 is 0 Å². The van der Waals surface area contributed by atoms with Gasteiger partial charge in [-0.2, -0.15) is 0 Å². The largest absolute Gasteiger partial charge is 0.497 e. The molecule has 1 atom stereocenters. The van der Waals surface area contributed by atoms with Gasteiger partial charge in [-0.1, -0.05) is 12.1 Å². The molecule has 0 saturated heterocycles. The number of rotatable bonds is 4. The summed E-state index contributed by atoms with van der Waals surface area (Å²) < 4.78 is 5.22. The summed E-state index contributed by atoms with van der Waals surface area (Å²) >= 11 is 0. The van der Waals surface area contributed by atoms with Crippen LogP contribution in [0.1, 0.15) is 24.4 Å². The Labute approximate surface area is 85.3 Å². The molecule has 1 aromatic carbocycles. The number of benzene rings is 1. The van der Waals surface area contributed by atoms with Crippen molar-refractivity contribution in [3.05, 3.63) is 29.8 Å². The quantitative estimate of drug-likeness (QED) is 0.789. The standard InChI is InChI=1S/C12H17NO/c1-13-12(9-6-7-9)10-4-3-5-11(8-10)14-2/h3-5,8-9,12-13H,6-7H2,1-2H3. The van der Waals surface area contributed by atoms with Gasteiger partial charge in [0.15, 0.2) is 0 Å². The number of methoxy groups -OCH3 is 1. The van der Waals surface area contributed by atoms with E-state index in [9.17, 15) is 0 Å². The summed E-state index contributed by atoms with van der Waals surface area (Å²) in [6.07, 6.45) is 2.70. The lowest BCUT2D eigenvalue weighted by Crippen LogP contribution is -2.18. The van der Waals surface area contributed by atoms with Gasteiger partial charge in [0, 0.05) is 6.04 Å². The Balaban J connectivity index is 2.20. The maximum atomic E-state index is 5.22. The van der Waals surface area contributed by atoms with Crippen LogP contribution in [-0.2, 0) is 0 Å². The van der Waals surface area contributed by atoms with Crippen molar-refractivity contribution in [1.82, 2.24) is 5.32 Å². The molecule has 1 aliphatic rings. The van der Waals surface area contributed by atoms with Crippen molar-refractivity contribution in [3.63, 3.8) is 0 Å². The number of hydrogen-bond donors (Lipinski definition) is 1. The summed E-state index contributed by atoms with van der Waals surface area (Å²) in [5, 5.41) is 3.38. The van der Waals surface area contributed by atoms with Gasteiger partial charge in [0.25, 0.3) is 0 Å². The van der Waals surface area contributed by atoms with Gasteiger partial charge in [0.2, 0.25) is 0 Å². The molecule has 1 aromatic rings. The fourth-order valence-corrected chi connectivity index (χ4v) is 1.94. The number of ether oxygens (including phenoxy) is 1. The highest BCUT2D eigenvalue weighted by atomic mass is 16.5. The minimum atomic E-state index is 0.505. The molecular weight excluding hydrogens is 174 g/mol. The van der Waals surface area contributed by atoms with Crippen LogP contribution in [0, 0.1) is 5.92 Å². The molecule has 0 amide bonds. The lowest BCUT2D eigenvalue weighted by Gasteiger charge is -2.16. The molecule has 2 nitrogen and oxygen atoms in total. The normalized spacial score (nSPS) is 17.9. The molecule has 1 fully saturated rings. The van der Waals surface area contributed by atoms with Gasteiger partial charge in [-0.25, -0.2) is 0 Å². The van der Waals surface area contributed by atoms with Crippen LogP contribution < -0.4 is 10.1 Å². The van der Waals surface area contributed by atoms with E-state index in [0.29, 0.717) is 6.04 Å². The molecule has 0 spiro atoms. The Morgan fingerprint density at radius 2 is 2.21 bits per heavy atom. The topological polar surface area (TPSA) is 21.3 Å². The third-order valence-electron chi connectivity index (χ3n) is 2.86. The van der Waals surface area contributed by atoms with Crippen molar-refractivity contribution < 1.29 is 4.74 Å². The first-order valence-electron chi connectivity index (χ1n) is 5.16. The van der Waals surface area contributed by atoms with Gasteiger partial charge in [-0.3, -0.25) is 0 Å². The molecule has 14 heavy (non-hydrogen) atoms. The first kappa shape index (κ1) is 9.53. The molecule has 0 aromatic heterocycles. The Morgan fingerprint density at radius 3 is 2.79 bits per heavy atom. The second-order valence-electron chi connectivity index (χ2n) is 3.88. The van der Waals surface area contributed by atoms with E-state index in [1.54, 1.807) is 7.11 Å². The zero-order valence-electron chi connectivity index (χ0n) is 8.79. The second-order valence-corrected chi connectivity index (χ2v) is 3.88. The molecule has 0 heterocycles. The third-order valence-corrected chi connectivity index (χ3v) is 2.86. The van der Waals surface area contributed by atoms with Gasteiger partial charge < -0.3 is 10.1 Å². The Bertz CT molecular complexity index is 307. The molecule has 0 radical (unpaired) electrons. The van der Waals surface area contributed by atoms with Crippen molar-refractivity contribution in [3.8, 4) is 5.75 Å². The fourth-order valence-electron chi connectivity index (χ4n) is 1.94. The Hall–Kier alpha value is -1.02. The first-order chi connectivity index (χ1) is 6.85. The monoisotopic (exact) mass is 191 g/mol. The highest BCUT2D eigenvalue weighted by Gasteiger charge is 2.31. The highest BCUT2D eigenvalue weighted by molar-refractivity contribution is 5.31. The molecule has 1 unspecified atom stereocenters. The summed E-state index contributed by atoms with van der Waals surface area (Å²) in [5.41, 5.74) is 1.34. The molecule has 1 N–H and O–H groups in total. The van der Waals surface area contributed by atoms with Crippen LogP contribution >= 0.6 is 0 Å². The van der Waals surface area contributed by atoms with E-state index in [1.165, 1.54) is 18.4 Å². The maximum Gasteiger partial charge on any atom is 0.119 e. The third kappa shape index (κ3) is 1.90. The van der Waals surface area contributed by atoms with Crippen LogP contribution in [0.4, 0.5) is 0 Å². The fraction of sp³-hybridized carbons (Fsp3) is 0.500. The minimum Gasteiger partial charge on any atom is -0.497 e. The van der Waals surface area contributed by atoms with E-state index in [0.717, 1.165) is 11.7 Å². The van der Waals surface area contributed by atoms with Gasteiger partial charge in [-0.15, -0.1) is 0 Å². The van der Waals surface area contributed by atoms with E-state index in [1.807, 2.05) is 13.1 Å².